The average Bonchev–Trinajstić information content (AvgIpc) is 3.10. The van der Waals surface area contributed by atoms with E-state index in [1.165, 1.54) is 4.90 Å². The Bertz CT molecular complexity index is 962. The van der Waals surface area contributed by atoms with Crippen LogP contribution < -0.4 is 10.6 Å². The molecule has 0 bridgehead atoms. The number of hydrogen-bond acceptors (Lipinski definition) is 4. The first-order valence-corrected chi connectivity index (χ1v) is 10.2. The van der Waals surface area contributed by atoms with Crippen LogP contribution in [0.15, 0.2) is 30.3 Å². The van der Waals surface area contributed by atoms with Crippen LogP contribution in [0.5, 0.6) is 0 Å². The fraction of sp³-hybridized carbons (Fsp3) is 0.455. The molecule has 0 unspecified atom stereocenters. The van der Waals surface area contributed by atoms with Crippen LogP contribution in [0, 0.1) is 13.8 Å². The van der Waals surface area contributed by atoms with Gasteiger partial charge < -0.3 is 10.6 Å². The van der Waals surface area contributed by atoms with Gasteiger partial charge in [0.1, 0.15) is 11.6 Å². The van der Waals surface area contributed by atoms with Crippen molar-refractivity contribution in [2.75, 3.05) is 5.32 Å². The van der Waals surface area contributed by atoms with E-state index >= 15 is 0 Å². The number of amides is 4. The summed E-state index contributed by atoms with van der Waals surface area (Å²) in [6.45, 7) is 9.45. The zero-order chi connectivity index (χ0) is 22.1. The molecule has 8 nitrogen and oxygen atoms in total. The van der Waals surface area contributed by atoms with Crippen molar-refractivity contribution < 1.29 is 14.4 Å². The van der Waals surface area contributed by atoms with E-state index in [2.05, 4.69) is 15.7 Å². The summed E-state index contributed by atoms with van der Waals surface area (Å²) in [5.74, 6) is -0.371. The van der Waals surface area contributed by atoms with Gasteiger partial charge in [0.2, 0.25) is 5.91 Å². The highest BCUT2D eigenvalue weighted by Gasteiger charge is 2.44. The normalized spacial score (nSPS) is 16.5. The maximum atomic E-state index is 12.9. The monoisotopic (exact) mass is 411 g/mol. The fourth-order valence-corrected chi connectivity index (χ4v) is 3.66. The molecule has 4 amide bonds. The number of aromatic nitrogens is 2. The highest BCUT2D eigenvalue weighted by Crippen LogP contribution is 2.22. The van der Waals surface area contributed by atoms with Gasteiger partial charge in [-0.2, -0.15) is 5.10 Å². The lowest BCUT2D eigenvalue weighted by Crippen LogP contribution is -2.40. The summed E-state index contributed by atoms with van der Waals surface area (Å²) in [5, 5.41) is 10.1. The Kier molecular flexibility index (Phi) is 5.96. The number of hydrogen-bond donors (Lipinski definition) is 2. The van der Waals surface area contributed by atoms with E-state index in [9.17, 15) is 14.4 Å². The number of imide groups is 1. The van der Waals surface area contributed by atoms with Crippen LogP contribution in [-0.4, -0.2) is 38.1 Å². The SMILES string of the molecule is CCC[C@H](C(=O)Nc1ccc(CN2C(=O)NC(C)(C)C2=O)cc1)n1nc(C)cc1C. The minimum atomic E-state index is -0.887. The third-order valence-corrected chi connectivity index (χ3v) is 5.21. The number of benzene rings is 1. The second-order valence-electron chi connectivity index (χ2n) is 8.31. The zero-order valence-electron chi connectivity index (χ0n) is 18.2. The van der Waals surface area contributed by atoms with Gasteiger partial charge in [-0.1, -0.05) is 25.5 Å². The summed E-state index contributed by atoms with van der Waals surface area (Å²) in [6, 6.07) is 8.36. The van der Waals surface area contributed by atoms with Gasteiger partial charge in [0.15, 0.2) is 0 Å². The number of nitrogens with zero attached hydrogens (tertiary/aromatic N) is 3. The molecule has 2 N–H and O–H groups in total. The van der Waals surface area contributed by atoms with Gasteiger partial charge in [0.05, 0.1) is 12.2 Å². The summed E-state index contributed by atoms with van der Waals surface area (Å²) in [6.07, 6.45) is 1.55. The predicted molar refractivity (Wildman–Crippen MR) is 114 cm³/mol. The molecule has 0 spiro atoms. The third-order valence-electron chi connectivity index (χ3n) is 5.21. The van der Waals surface area contributed by atoms with Crippen LogP contribution >= 0.6 is 0 Å². The van der Waals surface area contributed by atoms with Crippen LogP contribution in [0.3, 0.4) is 0 Å². The Morgan fingerprint density at radius 1 is 1.20 bits per heavy atom. The van der Waals surface area contributed by atoms with Gasteiger partial charge in [-0.15, -0.1) is 0 Å². The molecule has 2 heterocycles. The van der Waals surface area contributed by atoms with Gasteiger partial charge in [-0.25, -0.2) is 4.79 Å². The van der Waals surface area contributed by atoms with Crippen LogP contribution in [0.4, 0.5) is 10.5 Å². The minimum Gasteiger partial charge on any atom is -0.324 e. The highest BCUT2D eigenvalue weighted by atomic mass is 16.2. The minimum absolute atomic E-state index is 0.119. The molecular formula is C22H29N5O3. The van der Waals surface area contributed by atoms with Crippen LogP contribution in [0.1, 0.15) is 56.6 Å². The number of urea groups is 1. The van der Waals surface area contributed by atoms with E-state index in [0.717, 1.165) is 23.4 Å². The first kappa shape index (κ1) is 21.5. The number of aryl methyl sites for hydroxylation is 2. The van der Waals surface area contributed by atoms with Crippen molar-refractivity contribution in [3.8, 4) is 0 Å². The van der Waals surface area contributed by atoms with E-state index in [4.69, 9.17) is 0 Å². The maximum Gasteiger partial charge on any atom is 0.325 e. The van der Waals surface area contributed by atoms with Gasteiger partial charge >= 0.3 is 6.03 Å². The number of carbonyl (C=O) groups excluding carboxylic acids is 3. The molecule has 1 atom stereocenters. The molecule has 1 aliphatic rings. The molecule has 0 radical (unpaired) electrons. The lowest BCUT2D eigenvalue weighted by molar-refractivity contribution is -0.130. The predicted octanol–water partition coefficient (Wildman–Crippen LogP) is 3.31. The lowest BCUT2D eigenvalue weighted by Gasteiger charge is -2.19. The zero-order valence-corrected chi connectivity index (χ0v) is 18.2. The lowest BCUT2D eigenvalue weighted by atomic mass is 10.1. The van der Waals surface area contributed by atoms with E-state index in [0.29, 0.717) is 12.1 Å². The first-order valence-electron chi connectivity index (χ1n) is 10.2. The quantitative estimate of drug-likeness (QED) is 0.683. The summed E-state index contributed by atoms with van der Waals surface area (Å²) in [5.41, 5.74) is 2.41. The van der Waals surface area contributed by atoms with Crippen molar-refractivity contribution in [1.82, 2.24) is 20.0 Å². The van der Waals surface area contributed by atoms with Gasteiger partial charge in [-0.05, 0) is 57.9 Å². The Morgan fingerprint density at radius 3 is 2.37 bits per heavy atom. The Hall–Kier alpha value is -3.16. The van der Waals surface area contributed by atoms with Gasteiger partial charge in [0, 0.05) is 11.4 Å². The van der Waals surface area contributed by atoms with E-state index < -0.39 is 11.6 Å². The summed E-state index contributed by atoms with van der Waals surface area (Å²) in [4.78, 5) is 38.5. The average molecular weight is 412 g/mol. The second kappa shape index (κ2) is 8.30. The molecule has 1 saturated heterocycles. The number of anilines is 1. The van der Waals surface area contributed by atoms with Crippen molar-refractivity contribution in [1.29, 1.82) is 0 Å². The van der Waals surface area contributed by atoms with Crippen molar-refractivity contribution in [2.24, 2.45) is 0 Å². The molecule has 1 aliphatic heterocycles. The van der Waals surface area contributed by atoms with Crippen molar-refractivity contribution in [3.05, 3.63) is 47.3 Å². The smallest absolute Gasteiger partial charge is 0.324 e. The number of nitrogens with one attached hydrogen (secondary N) is 2. The fourth-order valence-electron chi connectivity index (χ4n) is 3.66. The molecule has 30 heavy (non-hydrogen) atoms. The topological polar surface area (TPSA) is 96.3 Å². The van der Waals surface area contributed by atoms with E-state index in [1.807, 2.05) is 26.8 Å². The summed E-state index contributed by atoms with van der Waals surface area (Å²) in [7, 11) is 0. The van der Waals surface area contributed by atoms with E-state index in [-0.39, 0.29) is 24.4 Å². The van der Waals surface area contributed by atoms with Crippen molar-refractivity contribution in [2.45, 2.75) is 65.6 Å². The maximum absolute atomic E-state index is 12.9. The first-order chi connectivity index (χ1) is 14.1. The molecule has 2 aromatic rings. The van der Waals surface area contributed by atoms with Crippen LogP contribution in [0.2, 0.25) is 0 Å². The van der Waals surface area contributed by atoms with Gasteiger partial charge in [-0.3, -0.25) is 19.2 Å². The molecule has 1 fully saturated rings. The third kappa shape index (κ3) is 4.37. The van der Waals surface area contributed by atoms with E-state index in [1.54, 1.807) is 42.8 Å². The molecule has 8 heteroatoms. The summed E-state index contributed by atoms with van der Waals surface area (Å²) >= 11 is 0. The molecule has 160 valence electrons. The van der Waals surface area contributed by atoms with Crippen LogP contribution in [0.25, 0.3) is 0 Å². The molecule has 1 aromatic heterocycles. The Labute approximate surface area is 176 Å². The standard InChI is InChI=1S/C22H29N5O3/c1-6-7-18(27-15(3)12-14(2)25-27)19(28)23-17-10-8-16(9-11-17)13-26-20(29)22(4,5)24-21(26)30/h8-12,18H,6-7,13H2,1-5H3,(H,23,28)(H,24,30)/t18-/m1/s1. The largest absolute Gasteiger partial charge is 0.325 e. The van der Waals surface area contributed by atoms with Crippen molar-refractivity contribution >= 4 is 23.5 Å². The second-order valence-corrected chi connectivity index (χ2v) is 8.31. The Balaban J connectivity index is 1.69. The molecule has 3 rings (SSSR count). The Morgan fingerprint density at radius 2 is 1.87 bits per heavy atom. The molecule has 1 aromatic carbocycles. The highest BCUT2D eigenvalue weighted by molar-refractivity contribution is 6.06. The molecular weight excluding hydrogens is 382 g/mol. The number of carbonyl (C=O) groups is 3. The molecule has 0 aliphatic carbocycles. The number of rotatable bonds is 7. The molecule has 0 saturated carbocycles. The summed E-state index contributed by atoms with van der Waals surface area (Å²) < 4.78 is 1.78. The van der Waals surface area contributed by atoms with Gasteiger partial charge in [0.25, 0.3) is 5.91 Å². The van der Waals surface area contributed by atoms with Crippen LogP contribution in [-0.2, 0) is 16.1 Å². The van der Waals surface area contributed by atoms with Crippen molar-refractivity contribution in [3.63, 3.8) is 0 Å².